The smallest absolute Gasteiger partial charge is 0.298 e. The van der Waals surface area contributed by atoms with Crippen LogP contribution in [0, 0.1) is 0 Å². The van der Waals surface area contributed by atoms with Gasteiger partial charge in [0.1, 0.15) is 5.75 Å². The molecule has 0 atom stereocenters. The van der Waals surface area contributed by atoms with E-state index in [1.165, 1.54) is 17.1 Å². The molecule has 0 aliphatic carbocycles. The van der Waals surface area contributed by atoms with Crippen molar-refractivity contribution >= 4 is 17.4 Å². The maximum atomic E-state index is 13.1. The molecule has 0 radical (unpaired) electrons. The van der Waals surface area contributed by atoms with Gasteiger partial charge < -0.3 is 19.1 Å². The summed E-state index contributed by atoms with van der Waals surface area (Å²) in [5.41, 5.74) is 2.99. The molecule has 0 bridgehead atoms. The molecule has 2 aliphatic rings. The van der Waals surface area contributed by atoms with E-state index in [9.17, 15) is 4.79 Å². The Morgan fingerprint density at radius 3 is 2.49 bits per heavy atom. The lowest BCUT2D eigenvalue weighted by Crippen LogP contribution is -2.48. The lowest BCUT2D eigenvalue weighted by Gasteiger charge is -2.34. The molecule has 188 valence electrons. The number of amides is 1. The number of rotatable bonds is 7. The third-order valence-electron chi connectivity index (χ3n) is 6.46. The minimum atomic E-state index is 0.0374. The molecule has 3 aromatic carbocycles. The molecule has 1 saturated heterocycles. The molecule has 6 rings (SSSR count). The van der Waals surface area contributed by atoms with Crippen LogP contribution < -0.4 is 14.2 Å². The molecule has 3 heterocycles. The van der Waals surface area contributed by atoms with Crippen LogP contribution in [0.3, 0.4) is 0 Å². The van der Waals surface area contributed by atoms with E-state index >= 15 is 0 Å². The zero-order valence-electron chi connectivity index (χ0n) is 20.2. The largest absolute Gasteiger partial charge is 0.454 e. The van der Waals surface area contributed by atoms with E-state index in [0.29, 0.717) is 36.0 Å². The van der Waals surface area contributed by atoms with Crippen LogP contribution in [0.4, 0.5) is 0 Å². The summed E-state index contributed by atoms with van der Waals surface area (Å²) in [6, 6.07) is 23.4. The Kier molecular flexibility index (Phi) is 6.70. The Bertz CT molecular complexity index is 1370. The van der Waals surface area contributed by atoms with Gasteiger partial charge in [0.2, 0.25) is 6.79 Å². The van der Waals surface area contributed by atoms with Crippen LogP contribution in [0.2, 0.25) is 0 Å². The van der Waals surface area contributed by atoms with E-state index in [2.05, 4.69) is 32.5 Å². The van der Waals surface area contributed by atoms with Gasteiger partial charge in [-0.2, -0.15) is 9.36 Å². The second-order valence-corrected chi connectivity index (χ2v) is 9.74. The van der Waals surface area contributed by atoms with Gasteiger partial charge in [0.05, 0.1) is 0 Å². The van der Waals surface area contributed by atoms with Gasteiger partial charge in [-0.3, -0.25) is 9.69 Å². The lowest BCUT2D eigenvalue weighted by atomic mass is 10.1. The van der Waals surface area contributed by atoms with Crippen LogP contribution in [0.25, 0.3) is 0 Å². The third kappa shape index (κ3) is 5.58. The fourth-order valence-corrected chi connectivity index (χ4v) is 5.05. The molecule has 1 amide bonds. The first kappa shape index (κ1) is 23.4. The number of carbonyl (C=O) groups excluding carboxylic acids is 1. The van der Waals surface area contributed by atoms with Crippen molar-refractivity contribution in [1.82, 2.24) is 19.2 Å². The van der Waals surface area contributed by atoms with Crippen LogP contribution in [-0.2, 0) is 13.0 Å². The zero-order valence-corrected chi connectivity index (χ0v) is 21.0. The van der Waals surface area contributed by atoms with Gasteiger partial charge in [-0.05, 0) is 47.5 Å². The number of benzene rings is 3. The fraction of sp³-hybridized carbons (Fsp3) is 0.250. The molecule has 8 nitrogen and oxygen atoms in total. The lowest BCUT2D eigenvalue weighted by molar-refractivity contribution is 0.0628. The minimum absolute atomic E-state index is 0.0374. The Labute approximate surface area is 219 Å². The Balaban J connectivity index is 1.00. The molecule has 9 heteroatoms. The molecular weight excluding hydrogens is 488 g/mol. The molecule has 1 fully saturated rings. The minimum Gasteiger partial charge on any atom is -0.454 e. The summed E-state index contributed by atoms with van der Waals surface area (Å²) in [6.07, 6.45) is 0.665. The normalized spacial score (nSPS) is 15.1. The molecule has 2 aliphatic heterocycles. The first-order valence-electron chi connectivity index (χ1n) is 12.2. The number of piperazine rings is 1. The second-order valence-electron chi connectivity index (χ2n) is 9.02. The molecule has 4 aromatic rings. The number of carbonyl (C=O) groups is 1. The van der Waals surface area contributed by atoms with Crippen molar-refractivity contribution in [2.45, 2.75) is 13.0 Å². The summed E-state index contributed by atoms with van der Waals surface area (Å²) in [7, 11) is 0. The number of hydrogen-bond donors (Lipinski definition) is 0. The highest BCUT2D eigenvalue weighted by Gasteiger charge is 2.23. The fourth-order valence-electron chi connectivity index (χ4n) is 4.49. The molecule has 1 aromatic heterocycles. The highest BCUT2D eigenvalue weighted by atomic mass is 32.1. The van der Waals surface area contributed by atoms with Gasteiger partial charge in [0.25, 0.3) is 11.1 Å². The number of ether oxygens (including phenoxy) is 3. The monoisotopic (exact) mass is 514 g/mol. The Morgan fingerprint density at radius 2 is 1.68 bits per heavy atom. The van der Waals surface area contributed by atoms with Crippen molar-refractivity contribution in [3.8, 4) is 22.4 Å². The number of nitrogens with zero attached hydrogens (tertiary/aromatic N) is 4. The average Bonchev–Trinajstić information content (AvgIpc) is 3.59. The van der Waals surface area contributed by atoms with E-state index in [4.69, 9.17) is 14.2 Å². The summed E-state index contributed by atoms with van der Waals surface area (Å²) in [5, 5.41) is 0.489. The van der Waals surface area contributed by atoms with Crippen molar-refractivity contribution in [2.75, 3.05) is 33.0 Å². The van der Waals surface area contributed by atoms with Gasteiger partial charge in [-0.25, -0.2) is 0 Å². The van der Waals surface area contributed by atoms with E-state index in [1.54, 1.807) is 12.1 Å². The predicted molar refractivity (Wildman–Crippen MR) is 139 cm³/mol. The summed E-state index contributed by atoms with van der Waals surface area (Å²) < 4.78 is 21.1. The summed E-state index contributed by atoms with van der Waals surface area (Å²) in [6.45, 7) is 4.13. The number of aromatic nitrogens is 2. The van der Waals surface area contributed by atoms with E-state index in [0.717, 1.165) is 42.5 Å². The van der Waals surface area contributed by atoms with Gasteiger partial charge in [0, 0.05) is 56.2 Å². The first-order valence-corrected chi connectivity index (χ1v) is 13.0. The van der Waals surface area contributed by atoms with Crippen molar-refractivity contribution in [3.05, 3.63) is 95.3 Å². The highest BCUT2D eigenvalue weighted by molar-refractivity contribution is 7.07. The Hall–Kier alpha value is -3.95. The molecule has 37 heavy (non-hydrogen) atoms. The molecule has 0 N–H and O–H groups in total. The molecular formula is C28H26N4O4S. The summed E-state index contributed by atoms with van der Waals surface area (Å²) in [4.78, 5) is 21.8. The third-order valence-corrected chi connectivity index (χ3v) is 7.10. The van der Waals surface area contributed by atoms with Gasteiger partial charge in [-0.1, -0.05) is 36.4 Å². The summed E-state index contributed by atoms with van der Waals surface area (Å²) >= 11 is 1.23. The number of hydrogen-bond acceptors (Lipinski definition) is 8. The van der Waals surface area contributed by atoms with Gasteiger partial charge in [-0.15, -0.1) is 0 Å². The SMILES string of the molecule is O=C(c1ccc(Oc2nc(Cc3ccccc3)ns2)cc1)N1CCN(Cc2ccc3c(c2)OCO3)CC1. The predicted octanol–water partition coefficient (Wildman–Crippen LogP) is 4.61. The van der Waals surface area contributed by atoms with E-state index < -0.39 is 0 Å². The average molecular weight is 515 g/mol. The maximum absolute atomic E-state index is 13.1. The van der Waals surface area contributed by atoms with Gasteiger partial charge in [0.15, 0.2) is 17.3 Å². The van der Waals surface area contributed by atoms with Crippen molar-refractivity contribution in [1.29, 1.82) is 0 Å². The molecule has 0 unspecified atom stereocenters. The first-order chi connectivity index (χ1) is 18.2. The highest BCUT2D eigenvalue weighted by Crippen LogP contribution is 2.33. The van der Waals surface area contributed by atoms with E-state index in [1.807, 2.05) is 47.4 Å². The summed E-state index contributed by atoms with van der Waals surface area (Å²) in [5.74, 6) is 3.00. The van der Waals surface area contributed by atoms with Gasteiger partial charge >= 0.3 is 0 Å². The molecule has 0 saturated carbocycles. The van der Waals surface area contributed by atoms with E-state index in [-0.39, 0.29) is 12.7 Å². The van der Waals surface area contributed by atoms with Crippen LogP contribution in [0.15, 0.2) is 72.8 Å². The number of fused-ring (bicyclic) bond motifs is 1. The second kappa shape index (κ2) is 10.6. The molecule has 0 spiro atoms. The topological polar surface area (TPSA) is 77.0 Å². The standard InChI is InChI=1S/C28H26N4O4S/c33-27(32-14-12-31(13-15-32)18-21-6-11-24-25(16-21)35-19-34-24)22-7-9-23(10-8-22)36-28-29-26(30-37-28)17-20-4-2-1-3-5-20/h1-11,16H,12-15,17-19H2. The van der Waals surface area contributed by atoms with Crippen LogP contribution in [-0.4, -0.2) is 58.0 Å². The van der Waals surface area contributed by atoms with Crippen LogP contribution >= 0.6 is 11.5 Å². The van der Waals surface area contributed by atoms with Crippen LogP contribution in [0.5, 0.6) is 22.4 Å². The van der Waals surface area contributed by atoms with Crippen LogP contribution in [0.1, 0.15) is 27.3 Å². The maximum Gasteiger partial charge on any atom is 0.298 e. The zero-order chi connectivity index (χ0) is 25.0. The quantitative estimate of drug-likeness (QED) is 0.357. The van der Waals surface area contributed by atoms with Crippen molar-refractivity contribution in [2.24, 2.45) is 0 Å². The van der Waals surface area contributed by atoms with Crippen molar-refractivity contribution < 1.29 is 19.0 Å². The van der Waals surface area contributed by atoms with Crippen molar-refractivity contribution in [3.63, 3.8) is 0 Å². The Morgan fingerprint density at radius 1 is 0.892 bits per heavy atom.